The van der Waals surface area contributed by atoms with Crippen LogP contribution in [0.4, 0.5) is 0 Å². The lowest BCUT2D eigenvalue weighted by molar-refractivity contribution is -0.123. The lowest BCUT2D eigenvalue weighted by Crippen LogP contribution is -2.35. The largest absolute Gasteiger partial charge is 0.355 e. The minimum atomic E-state index is 0.00738. The van der Waals surface area contributed by atoms with Crippen LogP contribution in [0.5, 0.6) is 0 Å². The Morgan fingerprint density at radius 1 is 1.38 bits per heavy atom. The Morgan fingerprint density at radius 2 is 2.12 bits per heavy atom. The van der Waals surface area contributed by atoms with Crippen molar-refractivity contribution in [3.8, 4) is 0 Å². The van der Waals surface area contributed by atoms with Gasteiger partial charge in [0.05, 0.1) is 5.92 Å². The number of thioether (sulfide) groups is 1. The highest BCUT2D eigenvalue weighted by molar-refractivity contribution is 7.99. The molecular formula is C12H20N2OS. The first-order valence-electron chi connectivity index (χ1n) is 6.05. The predicted octanol–water partition coefficient (Wildman–Crippen LogP) is 1.15. The molecule has 0 aromatic carbocycles. The monoisotopic (exact) mass is 240 g/mol. The molecule has 0 spiro atoms. The van der Waals surface area contributed by atoms with E-state index in [1.807, 2.05) is 23.9 Å². The van der Waals surface area contributed by atoms with Gasteiger partial charge < -0.3 is 11.1 Å². The average molecular weight is 240 g/mol. The fraction of sp³-hybridized carbons (Fsp3) is 0.750. The van der Waals surface area contributed by atoms with Crippen LogP contribution >= 0.6 is 11.8 Å². The number of nitrogens with two attached hydrogens (primary N) is 1. The van der Waals surface area contributed by atoms with Crippen molar-refractivity contribution in [3.05, 3.63) is 12.2 Å². The number of carbonyl (C=O) groups is 1. The lowest BCUT2D eigenvalue weighted by atomic mass is 10.0. The summed E-state index contributed by atoms with van der Waals surface area (Å²) < 4.78 is 0. The second-order valence-electron chi connectivity index (χ2n) is 4.69. The third kappa shape index (κ3) is 3.25. The Morgan fingerprint density at radius 3 is 2.75 bits per heavy atom. The van der Waals surface area contributed by atoms with Gasteiger partial charge in [-0.2, -0.15) is 11.8 Å². The third-order valence-corrected chi connectivity index (χ3v) is 4.41. The van der Waals surface area contributed by atoms with Crippen LogP contribution in [0, 0.1) is 11.8 Å². The average Bonchev–Trinajstić information content (AvgIpc) is 2.74. The smallest absolute Gasteiger partial charge is 0.227 e. The maximum absolute atomic E-state index is 11.8. The summed E-state index contributed by atoms with van der Waals surface area (Å²) in [6, 6.07) is 0.0711. The van der Waals surface area contributed by atoms with Gasteiger partial charge in [0.25, 0.3) is 0 Å². The first-order valence-corrected chi connectivity index (χ1v) is 7.20. The zero-order valence-electron chi connectivity index (χ0n) is 9.52. The highest BCUT2D eigenvalue weighted by Gasteiger charge is 2.23. The van der Waals surface area contributed by atoms with Crippen molar-refractivity contribution in [1.29, 1.82) is 0 Å². The SMILES string of the molecule is NC1C=CC(C(=O)NCC2CCSCC2)C1. The van der Waals surface area contributed by atoms with Crippen LogP contribution in [0.3, 0.4) is 0 Å². The summed E-state index contributed by atoms with van der Waals surface area (Å²) in [4.78, 5) is 11.8. The lowest BCUT2D eigenvalue weighted by Gasteiger charge is -2.22. The molecule has 0 aromatic heterocycles. The van der Waals surface area contributed by atoms with Gasteiger partial charge in [0.2, 0.25) is 5.91 Å². The summed E-state index contributed by atoms with van der Waals surface area (Å²) in [6.45, 7) is 0.846. The second kappa shape index (κ2) is 5.73. The van der Waals surface area contributed by atoms with E-state index in [-0.39, 0.29) is 17.9 Å². The van der Waals surface area contributed by atoms with E-state index in [1.165, 1.54) is 24.3 Å². The number of hydrogen-bond acceptors (Lipinski definition) is 3. The van der Waals surface area contributed by atoms with Crippen LogP contribution in [-0.4, -0.2) is 30.0 Å². The summed E-state index contributed by atoms with van der Waals surface area (Å²) in [6.07, 6.45) is 7.13. The minimum Gasteiger partial charge on any atom is -0.355 e. The minimum absolute atomic E-state index is 0.00738. The molecule has 1 aliphatic heterocycles. The molecular weight excluding hydrogens is 220 g/mol. The molecule has 1 amide bonds. The van der Waals surface area contributed by atoms with Crippen LogP contribution in [-0.2, 0) is 4.79 Å². The summed E-state index contributed by atoms with van der Waals surface area (Å²) >= 11 is 2.02. The van der Waals surface area contributed by atoms with Gasteiger partial charge in [-0.15, -0.1) is 0 Å². The highest BCUT2D eigenvalue weighted by atomic mass is 32.2. The van der Waals surface area contributed by atoms with E-state index in [2.05, 4.69) is 5.32 Å². The van der Waals surface area contributed by atoms with Crippen molar-refractivity contribution in [2.24, 2.45) is 17.6 Å². The van der Waals surface area contributed by atoms with E-state index in [4.69, 9.17) is 5.73 Å². The fourth-order valence-corrected chi connectivity index (χ4v) is 3.45. The van der Waals surface area contributed by atoms with Crippen LogP contribution < -0.4 is 11.1 Å². The molecule has 1 heterocycles. The fourth-order valence-electron chi connectivity index (χ4n) is 2.25. The maximum Gasteiger partial charge on any atom is 0.227 e. The molecule has 2 rings (SSSR count). The molecule has 2 atom stereocenters. The van der Waals surface area contributed by atoms with Crippen molar-refractivity contribution in [3.63, 3.8) is 0 Å². The van der Waals surface area contributed by atoms with Gasteiger partial charge in [0.1, 0.15) is 0 Å². The first-order chi connectivity index (χ1) is 7.75. The molecule has 0 saturated carbocycles. The number of hydrogen-bond donors (Lipinski definition) is 2. The predicted molar refractivity (Wildman–Crippen MR) is 68.3 cm³/mol. The Kier molecular flexibility index (Phi) is 4.29. The van der Waals surface area contributed by atoms with Crippen molar-refractivity contribution in [2.45, 2.75) is 25.3 Å². The zero-order chi connectivity index (χ0) is 11.4. The van der Waals surface area contributed by atoms with E-state index < -0.39 is 0 Å². The number of carbonyl (C=O) groups excluding carboxylic acids is 1. The van der Waals surface area contributed by atoms with Crippen LogP contribution in [0.1, 0.15) is 19.3 Å². The van der Waals surface area contributed by atoms with Crippen molar-refractivity contribution in [1.82, 2.24) is 5.32 Å². The van der Waals surface area contributed by atoms with Gasteiger partial charge in [0, 0.05) is 12.6 Å². The third-order valence-electron chi connectivity index (χ3n) is 3.36. The summed E-state index contributed by atoms with van der Waals surface area (Å²) in [7, 11) is 0. The van der Waals surface area contributed by atoms with Crippen LogP contribution in [0.25, 0.3) is 0 Å². The topological polar surface area (TPSA) is 55.1 Å². The Bertz CT molecular complexity index is 274. The first kappa shape index (κ1) is 12.0. The van der Waals surface area contributed by atoms with Crippen LogP contribution in [0.15, 0.2) is 12.2 Å². The summed E-state index contributed by atoms with van der Waals surface area (Å²) in [5, 5.41) is 3.06. The van der Waals surface area contributed by atoms with Gasteiger partial charge in [-0.25, -0.2) is 0 Å². The number of nitrogens with one attached hydrogen (secondary N) is 1. The molecule has 0 radical (unpaired) electrons. The van der Waals surface area contributed by atoms with Gasteiger partial charge in [-0.05, 0) is 36.7 Å². The zero-order valence-corrected chi connectivity index (χ0v) is 10.3. The van der Waals surface area contributed by atoms with Gasteiger partial charge in [-0.1, -0.05) is 12.2 Å². The van der Waals surface area contributed by atoms with Gasteiger partial charge in [0.15, 0.2) is 0 Å². The van der Waals surface area contributed by atoms with Gasteiger partial charge in [-0.3, -0.25) is 4.79 Å². The molecule has 4 heteroatoms. The summed E-state index contributed by atoms with van der Waals surface area (Å²) in [5.74, 6) is 3.34. The van der Waals surface area contributed by atoms with Crippen molar-refractivity contribution in [2.75, 3.05) is 18.1 Å². The Balaban J connectivity index is 1.69. The van der Waals surface area contributed by atoms with Crippen molar-refractivity contribution < 1.29 is 4.79 Å². The molecule has 90 valence electrons. The highest BCUT2D eigenvalue weighted by Crippen LogP contribution is 2.22. The van der Waals surface area contributed by atoms with E-state index in [0.717, 1.165) is 13.0 Å². The molecule has 0 aromatic rings. The molecule has 2 aliphatic rings. The Labute approximate surface area is 101 Å². The van der Waals surface area contributed by atoms with E-state index >= 15 is 0 Å². The quantitative estimate of drug-likeness (QED) is 0.728. The van der Waals surface area contributed by atoms with E-state index in [0.29, 0.717) is 5.92 Å². The summed E-state index contributed by atoms with van der Waals surface area (Å²) in [5.41, 5.74) is 5.73. The van der Waals surface area contributed by atoms with Crippen LogP contribution in [0.2, 0.25) is 0 Å². The second-order valence-corrected chi connectivity index (χ2v) is 5.92. The molecule has 1 saturated heterocycles. The molecule has 3 nitrogen and oxygen atoms in total. The molecule has 16 heavy (non-hydrogen) atoms. The molecule has 2 unspecified atom stereocenters. The van der Waals surface area contributed by atoms with Gasteiger partial charge >= 0.3 is 0 Å². The maximum atomic E-state index is 11.8. The van der Waals surface area contributed by atoms with E-state index in [9.17, 15) is 4.79 Å². The molecule has 3 N–H and O–H groups in total. The normalized spacial score (nSPS) is 30.6. The van der Waals surface area contributed by atoms with E-state index in [1.54, 1.807) is 0 Å². The Hall–Kier alpha value is -0.480. The molecule has 1 fully saturated rings. The molecule has 1 aliphatic carbocycles. The number of rotatable bonds is 3. The number of amides is 1. The van der Waals surface area contributed by atoms with Crippen molar-refractivity contribution >= 4 is 17.7 Å². The standard InChI is InChI=1S/C12H20N2OS/c13-11-2-1-10(7-11)12(15)14-8-9-3-5-16-6-4-9/h1-2,9-11H,3-8,13H2,(H,14,15). The molecule has 0 bridgehead atoms.